The summed E-state index contributed by atoms with van der Waals surface area (Å²) < 4.78 is 48.5. The molecule has 0 aliphatic heterocycles. The molecule has 21 heavy (non-hydrogen) atoms. The third-order valence-electron chi connectivity index (χ3n) is 2.32. The van der Waals surface area contributed by atoms with Crippen LogP contribution >= 0.6 is 8.69 Å². The van der Waals surface area contributed by atoms with Gasteiger partial charge in [-0.1, -0.05) is 18.2 Å². The minimum atomic E-state index is -4.13. The quantitative estimate of drug-likeness (QED) is 0.413. The van der Waals surface area contributed by atoms with Crippen LogP contribution in [0.5, 0.6) is 5.88 Å². The molecule has 0 radical (unpaired) electrons. The first-order valence-corrected chi connectivity index (χ1v) is 7.76. The Labute approximate surface area is 120 Å². The number of rotatable bonds is 7. The third-order valence-corrected chi connectivity index (χ3v) is 4.33. The molecule has 0 saturated heterocycles. The van der Waals surface area contributed by atoms with E-state index >= 15 is 0 Å². The van der Waals surface area contributed by atoms with Crippen molar-refractivity contribution in [1.82, 2.24) is 5.16 Å². The van der Waals surface area contributed by atoms with Crippen LogP contribution in [0.1, 0.15) is 0 Å². The summed E-state index contributed by atoms with van der Waals surface area (Å²) >= 11 is 0. The van der Waals surface area contributed by atoms with Crippen LogP contribution in [0.4, 0.5) is 0 Å². The minimum absolute atomic E-state index is 0.0817. The number of aromatic nitrogens is 2. The van der Waals surface area contributed by atoms with Crippen LogP contribution in [0, 0.1) is 5.21 Å². The maximum absolute atomic E-state index is 12.3. The lowest BCUT2D eigenvalue weighted by atomic mass is 10.4. The maximum atomic E-state index is 12.3. The van der Waals surface area contributed by atoms with Crippen LogP contribution in [0.2, 0.25) is 0 Å². The SMILES string of the molecule is O=POCCOc1no[n+]([O-])c1S(=O)(=O)c1ccccc1. The molecule has 0 saturated carbocycles. The molecule has 1 aromatic carbocycles. The fourth-order valence-corrected chi connectivity index (χ4v) is 2.90. The van der Waals surface area contributed by atoms with Crippen molar-refractivity contribution in [2.24, 2.45) is 0 Å². The van der Waals surface area contributed by atoms with Gasteiger partial charge in [-0.25, -0.2) is 13.0 Å². The summed E-state index contributed by atoms with van der Waals surface area (Å²) in [6, 6.07) is 7.31. The van der Waals surface area contributed by atoms with Crippen LogP contribution in [-0.4, -0.2) is 26.8 Å². The fraction of sp³-hybridized carbons (Fsp3) is 0.200. The molecule has 0 aliphatic carbocycles. The monoisotopic (exact) mass is 332 g/mol. The summed E-state index contributed by atoms with van der Waals surface area (Å²) in [5.41, 5.74) is 0. The van der Waals surface area contributed by atoms with Crippen molar-refractivity contribution < 1.29 is 31.8 Å². The van der Waals surface area contributed by atoms with E-state index in [-0.39, 0.29) is 23.0 Å². The van der Waals surface area contributed by atoms with Gasteiger partial charge >= 0.3 is 19.6 Å². The van der Waals surface area contributed by atoms with Gasteiger partial charge in [-0.2, -0.15) is 0 Å². The van der Waals surface area contributed by atoms with Gasteiger partial charge in [-0.05, 0) is 17.0 Å². The van der Waals surface area contributed by atoms with E-state index in [0.717, 1.165) is 0 Å². The predicted octanol–water partition coefficient (Wildman–Crippen LogP) is 0.743. The molecule has 9 nitrogen and oxygen atoms in total. The molecule has 0 unspecified atom stereocenters. The number of sulfone groups is 1. The van der Waals surface area contributed by atoms with Gasteiger partial charge in [0.2, 0.25) is 0 Å². The second-order valence-electron chi connectivity index (χ2n) is 3.61. The second kappa shape index (κ2) is 6.61. The minimum Gasteiger partial charge on any atom is -0.452 e. The van der Waals surface area contributed by atoms with E-state index in [0.29, 0.717) is 0 Å². The summed E-state index contributed by atoms with van der Waals surface area (Å²) in [4.78, 5) is -0.346. The summed E-state index contributed by atoms with van der Waals surface area (Å²) in [5, 5.41) is 14.0. The van der Waals surface area contributed by atoms with Crippen LogP contribution in [0.25, 0.3) is 0 Å². The van der Waals surface area contributed by atoms with Crippen LogP contribution in [-0.2, 0) is 18.9 Å². The molecular formula is C10H9N2O7PS. The first-order valence-electron chi connectivity index (χ1n) is 5.54. The molecule has 2 aromatic rings. The van der Waals surface area contributed by atoms with Crippen LogP contribution in [0.3, 0.4) is 0 Å². The Morgan fingerprint density at radius 1 is 1.29 bits per heavy atom. The van der Waals surface area contributed by atoms with Crippen molar-refractivity contribution in [2.45, 2.75) is 9.92 Å². The van der Waals surface area contributed by atoms with Crippen LogP contribution < -0.4 is 9.64 Å². The zero-order valence-electron chi connectivity index (χ0n) is 10.4. The van der Waals surface area contributed by atoms with Gasteiger partial charge in [0.05, 0.1) is 16.7 Å². The molecule has 0 fully saturated rings. The Bertz CT molecular complexity index is 716. The maximum Gasteiger partial charge on any atom is 0.415 e. The van der Waals surface area contributed by atoms with Crippen molar-refractivity contribution in [2.75, 3.05) is 13.2 Å². The number of hydrogen-bond donors (Lipinski definition) is 0. The molecule has 1 heterocycles. The molecule has 2 rings (SSSR count). The van der Waals surface area contributed by atoms with E-state index in [4.69, 9.17) is 4.74 Å². The Kier molecular flexibility index (Phi) is 4.84. The van der Waals surface area contributed by atoms with E-state index in [1.165, 1.54) is 24.3 Å². The highest BCUT2D eigenvalue weighted by Crippen LogP contribution is 2.24. The summed E-state index contributed by atoms with van der Waals surface area (Å²) in [6.45, 7) is -0.235. The Morgan fingerprint density at radius 2 is 2.00 bits per heavy atom. The largest absolute Gasteiger partial charge is 0.452 e. The molecule has 0 amide bonds. The zero-order valence-corrected chi connectivity index (χ0v) is 12.1. The Morgan fingerprint density at radius 3 is 2.67 bits per heavy atom. The second-order valence-corrected chi connectivity index (χ2v) is 5.89. The molecule has 0 N–H and O–H groups in total. The average Bonchev–Trinajstić information content (AvgIpc) is 2.86. The Hall–Kier alpha value is -2.03. The van der Waals surface area contributed by atoms with Gasteiger partial charge in [0, 0.05) is 0 Å². The van der Waals surface area contributed by atoms with E-state index in [1.54, 1.807) is 6.07 Å². The molecule has 11 heteroatoms. The first kappa shape index (κ1) is 15.4. The molecule has 0 atom stereocenters. The smallest absolute Gasteiger partial charge is 0.415 e. The first-order chi connectivity index (χ1) is 10.1. The van der Waals surface area contributed by atoms with E-state index in [9.17, 15) is 18.2 Å². The zero-order chi connectivity index (χ0) is 15.3. The molecular weight excluding hydrogens is 323 g/mol. The van der Waals surface area contributed by atoms with E-state index in [2.05, 4.69) is 14.3 Å². The van der Waals surface area contributed by atoms with Crippen molar-refractivity contribution in [3.05, 3.63) is 35.5 Å². The van der Waals surface area contributed by atoms with Gasteiger partial charge in [0.25, 0.3) is 9.84 Å². The van der Waals surface area contributed by atoms with Gasteiger partial charge in [0.15, 0.2) is 0 Å². The molecule has 0 aliphatic rings. The van der Waals surface area contributed by atoms with Gasteiger partial charge in [-0.3, -0.25) is 9.15 Å². The van der Waals surface area contributed by atoms with Crippen molar-refractivity contribution in [3.63, 3.8) is 0 Å². The highest BCUT2D eigenvalue weighted by Gasteiger charge is 2.35. The lowest BCUT2D eigenvalue weighted by molar-refractivity contribution is -0.832. The van der Waals surface area contributed by atoms with E-state index in [1.807, 2.05) is 0 Å². The standard InChI is InChI=1S/C10H9N2O7PS/c13-12-10(9(11-19-12)17-6-7-18-20-14)21(15,16)8-4-2-1-3-5-8/h1-5H,6-7H2. The van der Waals surface area contributed by atoms with Crippen molar-refractivity contribution in [1.29, 1.82) is 0 Å². The lowest BCUT2D eigenvalue weighted by Crippen LogP contribution is -2.31. The molecule has 1 aromatic heterocycles. The number of ether oxygens (including phenoxy) is 1. The summed E-state index contributed by atoms with van der Waals surface area (Å²) in [5.74, 6) is -0.486. The summed E-state index contributed by atoms with van der Waals surface area (Å²) in [7, 11) is -4.67. The van der Waals surface area contributed by atoms with Crippen LogP contribution in [0.15, 0.2) is 44.9 Å². The highest BCUT2D eigenvalue weighted by molar-refractivity contribution is 7.91. The Balaban J connectivity index is 2.31. The van der Waals surface area contributed by atoms with Crippen molar-refractivity contribution in [3.8, 4) is 5.88 Å². The highest BCUT2D eigenvalue weighted by atomic mass is 32.2. The van der Waals surface area contributed by atoms with Gasteiger partial charge in [0.1, 0.15) is 6.61 Å². The summed E-state index contributed by atoms with van der Waals surface area (Å²) in [6.07, 6.45) is 0. The van der Waals surface area contributed by atoms with E-state index < -0.39 is 29.4 Å². The third kappa shape index (κ3) is 3.35. The molecule has 0 spiro atoms. The van der Waals surface area contributed by atoms with Crippen molar-refractivity contribution >= 4 is 18.5 Å². The number of nitrogens with zero attached hydrogens (tertiary/aromatic N) is 2. The lowest BCUT2D eigenvalue weighted by Gasteiger charge is -2.02. The van der Waals surface area contributed by atoms with Gasteiger partial charge in [-0.15, -0.1) is 0 Å². The topological polar surface area (TPSA) is 123 Å². The number of benzene rings is 1. The average molecular weight is 332 g/mol. The fourth-order valence-electron chi connectivity index (χ4n) is 1.45. The predicted molar refractivity (Wildman–Crippen MR) is 66.4 cm³/mol. The molecule has 112 valence electrons. The van der Waals surface area contributed by atoms with Gasteiger partial charge < -0.3 is 9.94 Å². The normalized spacial score (nSPS) is 11.6. The number of hydrogen-bond acceptors (Lipinski definition) is 8. The molecule has 0 bridgehead atoms.